The highest BCUT2D eigenvalue weighted by molar-refractivity contribution is 6.02. The van der Waals surface area contributed by atoms with Crippen LogP contribution in [-0.2, 0) is 0 Å². The van der Waals surface area contributed by atoms with E-state index < -0.39 is 0 Å². The fraction of sp³-hybridized carbons (Fsp3) is 0.226. The molecule has 0 spiro atoms. The van der Waals surface area contributed by atoms with Gasteiger partial charge in [0, 0.05) is 64.3 Å². The summed E-state index contributed by atoms with van der Waals surface area (Å²) < 4.78 is 6.04. The summed E-state index contributed by atoms with van der Waals surface area (Å²) in [5, 5.41) is 9.79. The minimum atomic E-state index is 0.662. The van der Waals surface area contributed by atoms with Crippen LogP contribution in [-0.4, -0.2) is 61.3 Å². The number of H-pyrrole nitrogens is 2. The summed E-state index contributed by atoms with van der Waals surface area (Å²) in [7, 11) is 0. The van der Waals surface area contributed by atoms with Gasteiger partial charge in [-0.05, 0) is 68.2 Å². The smallest absolute Gasteiger partial charge is 0.181 e. The standard InChI is InChI=1S/C31H29N7O/c1-20-6-7-25(21-5-4-8-32-16-21)26-15-28(35-29(20)26)30-27-14-23(18-34-31(27)37-36-30)22-13-24(19-33-17-22)39-12-11-38-9-2-3-10-38/h4-8,13-19,35H,2-3,9-12H2,1H3,(H,34,36,37). The van der Waals surface area contributed by atoms with E-state index in [0.29, 0.717) is 12.3 Å². The van der Waals surface area contributed by atoms with Gasteiger partial charge in [-0.25, -0.2) is 4.98 Å². The van der Waals surface area contributed by atoms with Gasteiger partial charge < -0.3 is 9.72 Å². The van der Waals surface area contributed by atoms with E-state index in [1.807, 2.05) is 30.7 Å². The second kappa shape index (κ2) is 9.96. The molecule has 1 fully saturated rings. The second-order valence-electron chi connectivity index (χ2n) is 10.1. The predicted molar refractivity (Wildman–Crippen MR) is 154 cm³/mol. The minimum Gasteiger partial charge on any atom is -0.491 e. The molecule has 5 aromatic heterocycles. The molecular weight excluding hydrogens is 486 g/mol. The van der Waals surface area contributed by atoms with E-state index >= 15 is 0 Å². The fourth-order valence-corrected chi connectivity index (χ4v) is 5.49. The van der Waals surface area contributed by atoms with Crippen LogP contribution in [0.25, 0.3) is 55.6 Å². The van der Waals surface area contributed by atoms with Crippen LogP contribution in [0.2, 0.25) is 0 Å². The van der Waals surface area contributed by atoms with Gasteiger partial charge in [-0.15, -0.1) is 0 Å². The Kier molecular flexibility index (Phi) is 6.01. The van der Waals surface area contributed by atoms with Gasteiger partial charge >= 0.3 is 0 Å². The molecule has 0 amide bonds. The molecule has 1 aliphatic rings. The van der Waals surface area contributed by atoms with Gasteiger partial charge in [-0.3, -0.25) is 20.0 Å². The molecule has 1 aromatic carbocycles. The lowest BCUT2D eigenvalue weighted by atomic mass is 10.0. The molecule has 0 saturated carbocycles. The molecule has 7 rings (SSSR count). The largest absolute Gasteiger partial charge is 0.491 e. The molecule has 8 nitrogen and oxygen atoms in total. The maximum atomic E-state index is 6.04. The molecule has 6 aromatic rings. The molecule has 1 aliphatic heterocycles. The summed E-state index contributed by atoms with van der Waals surface area (Å²) >= 11 is 0. The van der Waals surface area contributed by atoms with E-state index in [1.54, 1.807) is 12.4 Å². The zero-order valence-electron chi connectivity index (χ0n) is 21.8. The highest BCUT2D eigenvalue weighted by Gasteiger charge is 2.16. The van der Waals surface area contributed by atoms with Crippen molar-refractivity contribution in [3.05, 3.63) is 79.0 Å². The van der Waals surface area contributed by atoms with Crippen molar-refractivity contribution in [1.82, 2.24) is 35.0 Å². The quantitative estimate of drug-likeness (QED) is 0.270. The SMILES string of the molecule is Cc1ccc(-c2cccnc2)c2cc(-c3[nH]nc4ncc(-c5cncc(OCCN6CCCC6)c5)cc34)[nH]c12. The Bertz CT molecular complexity index is 1770. The van der Waals surface area contributed by atoms with Crippen molar-refractivity contribution < 1.29 is 4.74 Å². The van der Waals surface area contributed by atoms with Gasteiger partial charge in [0.25, 0.3) is 0 Å². The first-order valence-corrected chi connectivity index (χ1v) is 13.4. The Morgan fingerprint density at radius 2 is 1.77 bits per heavy atom. The number of aryl methyl sites for hydroxylation is 1. The summed E-state index contributed by atoms with van der Waals surface area (Å²) in [5.74, 6) is 0.772. The monoisotopic (exact) mass is 515 g/mol. The summed E-state index contributed by atoms with van der Waals surface area (Å²) in [4.78, 5) is 19.5. The number of rotatable bonds is 7. The molecule has 2 N–H and O–H groups in total. The number of aromatic amines is 2. The first-order valence-electron chi connectivity index (χ1n) is 13.4. The number of aromatic nitrogens is 6. The summed E-state index contributed by atoms with van der Waals surface area (Å²) in [5.41, 5.74) is 8.96. The normalized spacial score (nSPS) is 14.0. The van der Waals surface area contributed by atoms with Crippen LogP contribution in [0.1, 0.15) is 18.4 Å². The number of pyridine rings is 3. The van der Waals surface area contributed by atoms with Crippen molar-refractivity contribution in [1.29, 1.82) is 0 Å². The highest BCUT2D eigenvalue weighted by Crippen LogP contribution is 2.36. The van der Waals surface area contributed by atoms with E-state index in [0.717, 1.165) is 62.2 Å². The first kappa shape index (κ1) is 23.5. The van der Waals surface area contributed by atoms with Crippen LogP contribution in [0.5, 0.6) is 5.75 Å². The zero-order chi connectivity index (χ0) is 26.2. The maximum Gasteiger partial charge on any atom is 0.181 e. The number of hydrogen-bond acceptors (Lipinski definition) is 6. The van der Waals surface area contributed by atoms with Crippen LogP contribution >= 0.6 is 0 Å². The number of likely N-dealkylation sites (tertiary alicyclic amines) is 1. The van der Waals surface area contributed by atoms with Crippen LogP contribution in [0.4, 0.5) is 0 Å². The number of nitrogens with zero attached hydrogens (tertiary/aromatic N) is 5. The Morgan fingerprint density at radius 1 is 0.897 bits per heavy atom. The number of hydrogen-bond donors (Lipinski definition) is 2. The average molecular weight is 516 g/mol. The average Bonchev–Trinajstić information content (AvgIpc) is 3.74. The van der Waals surface area contributed by atoms with Gasteiger partial charge in [-0.1, -0.05) is 18.2 Å². The lowest BCUT2D eigenvalue weighted by Gasteiger charge is -2.15. The number of benzene rings is 1. The number of nitrogens with one attached hydrogen (secondary N) is 2. The Hall–Kier alpha value is -4.56. The fourth-order valence-electron chi connectivity index (χ4n) is 5.49. The van der Waals surface area contributed by atoms with E-state index in [2.05, 4.69) is 72.3 Å². The number of fused-ring (bicyclic) bond motifs is 2. The third-order valence-electron chi connectivity index (χ3n) is 7.58. The van der Waals surface area contributed by atoms with Crippen molar-refractivity contribution in [2.45, 2.75) is 19.8 Å². The van der Waals surface area contributed by atoms with Crippen molar-refractivity contribution >= 4 is 21.9 Å². The highest BCUT2D eigenvalue weighted by atomic mass is 16.5. The summed E-state index contributed by atoms with van der Waals surface area (Å²) in [6.07, 6.45) is 11.7. The zero-order valence-corrected chi connectivity index (χ0v) is 21.8. The molecule has 0 radical (unpaired) electrons. The molecule has 6 heterocycles. The lowest BCUT2D eigenvalue weighted by molar-refractivity contribution is 0.237. The molecule has 39 heavy (non-hydrogen) atoms. The van der Waals surface area contributed by atoms with Crippen LogP contribution in [0.15, 0.2) is 73.4 Å². The van der Waals surface area contributed by atoms with Gasteiger partial charge in [0.1, 0.15) is 12.4 Å². The van der Waals surface area contributed by atoms with Crippen molar-refractivity contribution in [2.75, 3.05) is 26.2 Å². The van der Waals surface area contributed by atoms with E-state index in [9.17, 15) is 0 Å². The second-order valence-corrected chi connectivity index (χ2v) is 10.1. The first-order chi connectivity index (χ1) is 19.2. The van der Waals surface area contributed by atoms with Gasteiger partial charge in [-0.2, -0.15) is 5.10 Å². The van der Waals surface area contributed by atoms with Crippen molar-refractivity contribution in [2.24, 2.45) is 0 Å². The Balaban J connectivity index is 1.22. The van der Waals surface area contributed by atoms with Crippen LogP contribution < -0.4 is 4.74 Å². The van der Waals surface area contributed by atoms with Crippen LogP contribution in [0, 0.1) is 6.92 Å². The van der Waals surface area contributed by atoms with Gasteiger partial charge in [0.2, 0.25) is 0 Å². The van der Waals surface area contributed by atoms with Crippen molar-refractivity contribution in [3.63, 3.8) is 0 Å². The van der Waals surface area contributed by atoms with Crippen molar-refractivity contribution in [3.8, 4) is 39.4 Å². The molecule has 0 unspecified atom stereocenters. The third-order valence-corrected chi connectivity index (χ3v) is 7.58. The third kappa shape index (κ3) is 4.53. The molecule has 1 saturated heterocycles. The summed E-state index contributed by atoms with van der Waals surface area (Å²) in [6, 6.07) is 14.7. The lowest BCUT2D eigenvalue weighted by Crippen LogP contribution is -2.25. The molecule has 194 valence electrons. The molecular formula is C31H29N7O. The Labute approximate surface area is 226 Å². The minimum absolute atomic E-state index is 0.662. The van der Waals surface area contributed by atoms with E-state index in [-0.39, 0.29) is 0 Å². The maximum absolute atomic E-state index is 6.04. The van der Waals surface area contributed by atoms with Gasteiger partial charge in [0.15, 0.2) is 5.65 Å². The molecule has 0 aliphatic carbocycles. The van der Waals surface area contributed by atoms with Gasteiger partial charge in [0.05, 0.1) is 17.6 Å². The van der Waals surface area contributed by atoms with E-state index in [4.69, 9.17) is 4.74 Å². The van der Waals surface area contributed by atoms with Crippen LogP contribution in [0.3, 0.4) is 0 Å². The molecule has 8 heteroatoms. The number of ether oxygens (including phenoxy) is 1. The summed E-state index contributed by atoms with van der Waals surface area (Å²) in [6.45, 7) is 6.06. The predicted octanol–water partition coefficient (Wildman–Crippen LogP) is 6.01. The molecule has 0 atom stereocenters. The topological polar surface area (TPSA) is 95.6 Å². The molecule has 0 bridgehead atoms. The Morgan fingerprint density at radius 3 is 2.64 bits per heavy atom. The van der Waals surface area contributed by atoms with E-state index in [1.165, 1.54) is 31.5 Å².